The molecule has 116 valence electrons. The second-order valence-electron chi connectivity index (χ2n) is 4.86. The van der Waals surface area contributed by atoms with Crippen molar-refractivity contribution in [3.05, 3.63) is 30.1 Å². The molecule has 0 aromatic heterocycles. The predicted octanol–water partition coefficient (Wildman–Crippen LogP) is 1.86. The Morgan fingerprint density at radius 1 is 1.33 bits per heavy atom. The van der Waals surface area contributed by atoms with Gasteiger partial charge >= 0.3 is 5.97 Å². The summed E-state index contributed by atoms with van der Waals surface area (Å²) in [6.07, 6.45) is -0.776. The van der Waals surface area contributed by atoms with Crippen molar-refractivity contribution in [2.24, 2.45) is 5.92 Å². The zero-order chi connectivity index (χ0) is 16.0. The summed E-state index contributed by atoms with van der Waals surface area (Å²) in [5.41, 5.74) is 0. The van der Waals surface area contributed by atoms with Crippen LogP contribution >= 0.6 is 0 Å². The maximum Gasteiger partial charge on any atom is 0.310 e. The molecule has 5 nitrogen and oxygen atoms in total. The lowest BCUT2D eigenvalue weighted by molar-refractivity contribution is -0.147. The number of hydrogen-bond donors (Lipinski definition) is 0. The van der Waals surface area contributed by atoms with Gasteiger partial charge in [0.05, 0.1) is 13.0 Å². The molecule has 6 heteroatoms. The van der Waals surface area contributed by atoms with Crippen LogP contribution in [-0.4, -0.2) is 43.6 Å². The molecule has 0 aliphatic heterocycles. The molecule has 0 radical (unpaired) electrons. The normalized spacial score (nSPS) is 13.2. The lowest BCUT2D eigenvalue weighted by Gasteiger charge is -2.24. The van der Waals surface area contributed by atoms with E-state index in [1.165, 1.54) is 30.2 Å². The molecule has 21 heavy (non-hydrogen) atoms. The third-order valence-corrected chi connectivity index (χ3v) is 2.98. The van der Waals surface area contributed by atoms with E-state index >= 15 is 0 Å². The number of carbonyl (C=O) groups is 2. The van der Waals surface area contributed by atoms with Gasteiger partial charge in [-0.15, -0.1) is 0 Å². The Labute approximate surface area is 123 Å². The van der Waals surface area contributed by atoms with Crippen LogP contribution in [0.25, 0.3) is 0 Å². The van der Waals surface area contributed by atoms with E-state index in [1.54, 1.807) is 27.0 Å². The molecule has 0 saturated carbocycles. The van der Waals surface area contributed by atoms with Gasteiger partial charge in [-0.25, -0.2) is 4.39 Å². The van der Waals surface area contributed by atoms with Gasteiger partial charge in [0.1, 0.15) is 11.6 Å². The van der Waals surface area contributed by atoms with Crippen molar-refractivity contribution in [3.63, 3.8) is 0 Å². The van der Waals surface area contributed by atoms with Gasteiger partial charge in [-0.05, 0) is 19.1 Å². The zero-order valence-electron chi connectivity index (χ0n) is 12.6. The molecule has 0 spiro atoms. The van der Waals surface area contributed by atoms with Crippen LogP contribution in [-0.2, 0) is 14.3 Å². The predicted molar refractivity (Wildman–Crippen MR) is 75.3 cm³/mol. The molecular weight excluding hydrogens is 277 g/mol. The minimum Gasteiger partial charge on any atom is -0.481 e. The van der Waals surface area contributed by atoms with E-state index in [0.29, 0.717) is 0 Å². The molecule has 0 fully saturated rings. The van der Waals surface area contributed by atoms with Gasteiger partial charge in [0, 0.05) is 19.7 Å². The van der Waals surface area contributed by atoms with E-state index in [4.69, 9.17) is 4.74 Å². The number of halogens is 1. The molecule has 1 aromatic carbocycles. The van der Waals surface area contributed by atoms with Crippen molar-refractivity contribution < 1.29 is 23.5 Å². The third-order valence-electron chi connectivity index (χ3n) is 2.98. The first kappa shape index (κ1) is 16.9. The number of carbonyl (C=O) groups excluding carboxylic acids is 2. The van der Waals surface area contributed by atoms with Crippen LogP contribution < -0.4 is 4.74 Å². The Kier molecular flexibility index (Phi) is 6.14. The topological polar surface area (TPSA) is 55.8 Å². The van der Waals surface area contributed by atoms with Crippen LogP contribution in [0.1, 0.15) is 13.8 Å². The number of esters is 1. The Morgan fingerprint density at radius 2 is 2.00 bits per heavy atom. The van der Waals surface area contributed by atoms with E-state index < -0.39 is 17.8 Å². The fraction of sp³-hybridized carbons (Fsp3) is 0.467. The van der Waals surface area contributed by atoms with Crippen LogP contribution in [0.3, 0.4) is 0 Å². The summed E-state index contributed by atoms with van der Waals surface area (Å²) in [4.78, 5) is 24.9. The lowest BCUT2D eigenvalue weighted by atomic mass is 10.1. The largest absolute Gasteiger partial charge is 0.481 e. The number of ether oxygens (including phenoxy) is 2. The van der Waals surface area contributed by atoms with Gasteiger partial charge < -0.3 is 14.4 Å². The first-order chi connectivity index (χ1) is 9.85. The summed E-state index contributed by atoms with van der Waals surface area (Å²) in [7, 11) is 2.88. The molecule has 0 bridgehead atoms. The molecule has 2 atom stereocenters. The van der Waals surface area contributed by atoms with Crippen LogP contribution in [0.2, 0.25) is 0 Å². The smallest absolute Gasteiger partial charge is 0.310 e. The minimum absolute atomic E-state index is 0.225. The fourth-order valence-corrected chi connectivity index (χ4v) is 1.88. The first-order valence-electron chi connectivity index (χ1n) is 6.60. The van der Waals surface area contributed by atoms with E-state index in [2.05, 4.69) is 4.74 Å². The highest BCUT2D eigenvalue weighted by Crippen LogP contribution is 2.14. The number of hydrogen-bond acceptors (Lipinski definition) is 4. The Hall–Kier alpha value is -2.11. The molecule has 0 N–H and O–H groups in total. The van der Waals surface area contributed by atoms with Crippen LogP contribution in [0.4, 0.5) is 4.39 Å². The molecule has 0 aliphatic carbocycles. The molecule has 0 saturated heterocycles. The monoisotopic (exact) mass is 297 g/mol. The van der Waals surface area contributed by atoms with Crippen molar-refractivity contribution in [2.45, 2.75) is 20.0 Å². The molecule has 1 amide bonds. The van der Waals surface area contributed by atoms with Crippen molar-refractivity contribution >= 4 is 11.9 Å². The number of rotatable bonds is 6. The highest BCUT2D eigenvalue weighted by molar-refractivity contribution is 5.81. The van der Waals surface area contributed by atoms with E-state index in [-0.39, 0.29) is 24.2 Å². The average Bonchev–Trinajstić information content (AvgIpc) is 2.45. The van der Waals surface area contributed by atoms with Gasteiger partial charge in [-0.2, -0.15) is 0 Å². The lowest BCUT2D eigenvalue weighted by Crippen LogP contribution is -2.41. The number of likely N-dealkylation sites (N-methyl/N-ethyl adjacent to an activating group) is 1. The van der Waals surface area contributed by atoms with Gasteiger partial charge in [-0.1, -0.05) is 13.0 Å². The number of benzene rings is 1. The van der Waals surface area contributed by atoms with Gasteiger partial charge in [0.2, 0.25) is 0 Å². The quantitative estimate of drug-likeness (QED) is 0.752. The molecular formula is C15H20FNO4. The summed E-state index contributed by atoms with van der Waals surface area (Å²) in [5.74, 6) is -1.25. The third kappa shape index (κ3) is 5.06. The van der Waals surface area contributed by atoms with Crippen molar-refractivity contribution in [1.82, 2.24) is 4.90 Å². The van der Waals surface area contributed by atoms with Crippen LogP contribution in [0.15, 0.2) is 24.3 Å². The zero-order valence-corrected chi connectivity index (χ0v) is 12.6. The van der Waals surface area contributed by atoms with Crippen LogP contribution in [0, 0.1) is 11.7 Å². The molecule has 0 heterocycles. The maximum atomic E-state index is 13.1. The molecule has 1 aromatic rings. The van der Waals surface area contributed by atoms with E-state index in [0.717, 1.165) is 0 Å². The summed E-state index contributed by atoms with van der Waals surface area (Å²) in [6, 6.07) is 5.58. The summed E-state index contributed by atoms with van der Waals surface area (Å²) in [5, 5.41) is 0. The van der Waals surface area contributed by atoms with Crippen LogP contribution in [0.5, 0.6) is 5.75 Å². The Morgan fingerprint density at radius 3 is 2.57 bits per heavy atom. The Bertz CT molecular complexity index is 506. The first-order valence-corrected chi connectivity index (χ1v) is 6.60. The van der Waals surface area contributed by atoms with Crippen molar-refractivity contribution in [1.29, 1.82) is 0 Å². The minimum atomic E-state index is -0.776. The highest BCUT2D eigenvalue weighted by atomic mass is 19.1. The SMILES string of the molecule is COC(=O)C(C)CN(C)C(=O)C(C)Oc1cccc(F)c1. The number of methoxy groups -OCH3 is 1. The number of amides is 1. The van der Waals surface area contributed by atoms with Gasteiger partial charge in [-0.3, -0.25) is 9.59 Å². The van der Waals surface area contributed by atoms with Crippen molar-refractivity contribution in [3.8, 4) is 5.75 Å². The molecule has 2 unspecified atom stereocenters. The fourth-order valence-electron chi connectivity index (χ4n) is 1.88. The number of nitrogens with zero attached hydrogens (tertiary/aromatic N) is 1. The average molecular weight is 297 g/mol. The van der Waals surface area contributed by atoms with E-state index in [1.807, 2.05) is 0 Å². The summed E-state index contributed by atoms with van der Waals surface area (Å²) >= 11 is 0. The molecule has 1 rings (SSSR count). The molecule has 0 aliphatic rings. The standard InChI is InChI=1S/C15H20FNO4/c1-10(15(19)20-4)9-17(3)14(18)11(2)21-13-7-5-6-12(16)8-13/h5-8,10-11H,9H2,1-4H3. The Balaban J connectivity index is 2.59. The van der Waals surface area contributed by atoms with Gasteiger partial charge in [0.15, 0.2) is 6.10 Å². The second-order valence-corrected chi connectivity index (χ2v) is 4.86. The highest BCUT2D eigenvalue weighted by Gasteiger charge is 2.23. The van der Waals surface area contributed by atoms with Gasteiger partial charge in [0.25, 0.3) is 5.91 Å². The van der Waals surface area contributed by atoms with Crippen molar-refractivity contribution in [2.75, 3.05) is 20.7 Å². The maximum absolute atomic E-state index is 13.1. The second kappa shape index (κ2) is 7.61. The van der Waals surface area contributed by atoms with E-state index in [9.17, 15) is 14.0 Å². The summed E-state index contributed by atoms with van der Waals surface area (Å²) < 4.78 is 23.1. The summed E-state index contributed by atoms with van der Waals surface area (Å²) in [6.45, 7) is 3.47.